The molecule has 1 unspecified atom stereocenters. The van der Waals surface area contributed by atoms with E-state index < -0.39 is 0 Å². The molecule has 1 aromatic carbocycles. The van der Waals surface area contributed by atoms with Crippen molar-refractivity contribution >= 4 is 21.6 Å². The quantitative estimate of drug-likeness (QED) is 0.797. The van der Waals surface area contributed by atoms with Crippen LogP contribution >= 0.6 is 11.3 Å². The molecular weight excluding hydrogens is 278 g/mol. The largest absolute Gasteiger partial charge is 0.302 e. The lowest BCUT2D eigenvalue weighted by molar-refractivity contribution is 0.447. The number of pyridine rings is 1. The zero-order chi connectivity index (χ0) is 14.1. The van der Waals surface area contributed by atoms with Crippen LogP contribution in [0.3, 0.4) is 0 Å². The summed E-state index contributed by atoms with van der Waals surface area (Å²) in [6.07, 6.45) is 5.45. The second-order valence-electron chi connectivity index (χ2n) is 5.45. The Bertz CT molecular complexity index is 732. The summed E-state index contributed by atoms with van der Waals surface area (Å²) in [6, 6.07) is 12.9. The van der Waals surface area contributed by atoms with Crippen LogP contribution in [-0.4, -0.2) is 9.97 Å². The number of thiazole rings is 1. The van der Waals surface area contributed by atoms with Gasteiger partial charge in [-0.2, -0.15) is 0 Å². The monoisotopic (exact) mass is 295 g/mol. The van der Waals surface area contributed by atoms with E-state index in [9.17, 15) is 0 Å². The number of aryl methyl sites for hydroxylation is 1. The number of benzene rings is 1. The summed E-state index contributed by atoms with van der Waals surface area (Å²) < 4.78 is 1.26. The molecule has 1 N–H and O–H groups in total. The second-order valence-corrected chi connectivity index (χ2v) is 6.56. The Hall–Kier alpha value is -1.78. The molecular formula is C17H17N3S. The molecule has 2 aromatic heterocycles. The van der Waals surface area contributed by atoms with Crippen molar-refractivity contribution in [2.45, 2.75) is 31.8 Å². The van der Waals surface area contributed by atoms with E-state index in [1.54, 1.807) is 11.3 Å². The van der Waals surface area contributed by atoms with Gasteiger partial charge in [-0.05, 0) is 43.0 Å². The number of rotatable bonds is 3. The molecule has 4 heteroatoms. The molecule has 1 aliphatic rings. The molecule has 0 saturated carbocycles. The lowest BCUT2D eigenvalue weighted by atomic mass is 9.92. The fourth-order valence-corrected chi connectivity index (χ4v) is 3.93. The number of hydrogen-bond acceptors (Lipinski definition) is 4. The molecule has 2 heterocycles. The topological polar surface area (TPSA) is 37.8 Å². The minimum Gasteiger partial charge on any atom is -0.302 e. The predicted molar refractivity (Wildman–Crippen MR) is 86.4 cm³/mol. The highest BCUT2D eigenvalue weighted by atomic mass is 32.1. The van der Waals surface area contributed by atoms with E-state index in [-0.39, 0.29) is 0 Å². The third-order valence-corrected chi connectivity index (χ3v) is 5.07. The standard InChI is InChI=1S/C17H17N3S/c1-2-9-15-13(7-1)20-16(21-15)11-19-14-8-3-5-12-6-4-10-18-17(12)14/h1-2,4,6-7,9-10,14,19H,3,5,8,11H2. The molecule has 0 saturated heterocycles. The minimum absolute atomic E-state index is 0.363. The summed E-state index contributed by atoms with van der Waals surface area (Å²) in [5.74, 6) is 0. The smallest absolute Gasteiger partial charge is 0.108 e. The van der Waals surface area contributed by atoms with Gasteiger partial charge in [0.1, 0.15) is 5.01 Å². The Kier molecular flexibility index (Phi) is 3.41. The Labute approximate surface area is 128 Å². The predicted octanol–water partition coefficient (Wildman–Crippen LogP) is 3.86. The van der Waals surface area contributed by atoms with Crippen molar-refractivity contribution in [1.82, 2.24) is 15.3 Å². The molecule has 3 aromatic rings. The highest BCUT2D eigenvalue weighted by Crippen LogP contribution is 2.28. The van der Waals surface area contributed by atoms with Crippen molar-refractivity contribution in [3.8, 4) is 0 Å². The first kappa shape index (κ1) is 12.9. The third kappa shape index (κ3) is 2.57. The number of para-hydroxylation sites is 1. The van der Waals surface area contributed by atoms with Gasteiger partial charge in [0.25, 0.3) is 0 Å². The fraction of sp³-hybridized carbons (Fsp3) is 0.294. The SMILES string of the molecule is c1cnc2c(c1)CCCC2NCc1nc2ccccc2s1. The molecule has 0 amide bonds. The number of fused-ring (bicyclic) bond motifs is 2. The maximum Gasteiger partial charge on any atom is 0.108 e. The van der Waals surface area contributed by atoms with Crippen LogP contribution < -0.4 is 5.32 Å². The van der Waals surface area contributed by atoms with Crippen LogP contribution in [0.1, 0.15) is 35.1 Å². The van der Waals surface area contributed by atoms with Crippen molar-refractivity contribution in [3.63, 3.8) is 0 Å². The van der Waals surface area contributed by atoms with E-state index >= 15 is 0 Å². The normalized spacial score (nSPS) is 17.8. The van der Waals surface area contributed by atoms with Gasteiger partial charge in [0.05, 0.1) is 22.0 Å². The number of nitrogens with one attached hydrogen (secondary N) is 1. The van der Waals surface area contributed by atoms with E-state index in [0.29, 0.717) is 6.04 Å². The molecule has 0 spiro atoms. The third-order valence-electron chi connectivity index (χ3n) is 4.03. The molecule has 1 atom stereocenters. The molecule has 0 aliphatic heterocycles. The number of hydrogen-bond donors (Lipinski definition) is 1. The molecule has 3 nitrogen and oxygen atoms in total. The highest BCUT2D eigenvalue weighted by Gasteiger charge is 2.20. The minimum atomic E-state index is 0.363. The molecule has 0 fully saturated rings. The molecule has 4 rings (SSSR count). The van der Waals surface area contributed by atoms with Crippen molar-refractivity contribution < 1.29 is 0 Å². The highest BCUT2D eigenvalue weighted by molar-refractivity contribution is 7.18. The van der Waals surface area contributed by atoms with Gasteiger partial charge in [0.15, 0.2) is 0 Å². The summed E-state index contributed by atoms with van der Waals surface area (Å²) in [5.41, 5.74) is 3.72. The van der Waals surface area contributed by atoms with Crippen LogP contribution in [0.25, 0.3) is 10.2 Å². The van der Waals surface area contributed by atoms with Crippen LogP contribution in [-0.2, 0) is 13.0 Å². The molecule has 1 aliphatic carbocycles. The van der Waals surface area contributed by atoms with E-state index in [1.165, 1.54) is 22.4 Å². The van der Waals surface area contributed by atoms with Crippen LogP contribution in [0.15, 0.2) is 42.6 Å². The van der Waals surface area contributed by atoms with Crippen LogP contribution in [0.5, 0.6) is 0 Å². The summed E-state index contributed by atoms with van der Waals surface area (Å²) in [7, 11) is 0. The van der Waals surface area contributed by atoms with Gasteiger partial charge < -0.3 is 5.32 Å². The summed E-state index contributed by atoms with van der Waals surface area (Å²) >= 11 is 1.77. The molecule has 21 heavy (non-hydrogen) atoms. The van der Waals surface area contributed by atoms with Crippen molar-refractivity contribution in [3.05, 3.63) is 58.9 Å². The summed E-state index contributed by atoms with van der Waals surface area (Å²) in [5, 5.41) is 4.79. The van der Waals surface area contributed by atoms with Gasteiger partial charge in [0, 0.05) is 12.7 Å². The first-order chi connectivity index (χ1) is 10.4. The van der Waals surface area contributed by atoms with E-state index in [2.05, 4.69) is 39.6 Å². The lowest BCUT2D eigenvalue weighted by Crippen LogP contribution is -2.25. The van der Waals surface area contributed by atoms with Gasteiger partial charge >= 0.3 is 0 Å². The van der Waals surface area contributed by atoms with E-state index in [1.807, 2.05) is 18.3 Å². The average molecular weight is 295 g/mol. The Morgan fingerprint density at radius 2 is 2.14 bits per heavy atom. The zero-order valence-corrected chi connectivity index (χ0v) is 12.6. The maximum atomic E-state index is 4.69. The molecule has 0 bridgehead atoms. The zero-order valence-electron chi connectivity index (χ0n) is 11.7. The Balaban J connectivity index is 1.52. The van der Waals surface area contributed by atoms with Crippen molar-refractivity contribution in [2.24, 2.45) is 0 Å². The number of aromatic nitrogens is 2. The van der Waals surface area contributed by atoms with Gasteiger partial charge in [-0.25, -0.2) is 4.98 Å². The summed E-state index contributed by atoms with van der Waals surface area (Å²) in [4.78, 5) is 9.26. The van der Waals surface area contributed by atoms with E-state index in [4.69, 9.17) is 0 Å². The fourth-order valence-electron chi connectivity index (χ4n) is 3.01. The Morgan fingerprint density at radius 1 is 1.19 bits per heavy atom. The van der Waals surface area contributed by atoms with Crippen molar-refractivity contribution in [2.75, 3.05) is 0 Å². The second kappa shape index (κ2) is 5.54. The molecule has 106 valence electrons. The van der Waals surface area contributed by atoms with Crippen LogP contribution in [0.4, 0.5) is 0 Å². The van der Waals surface area contributed by atoms with Gasteiger partial charge in [-0.15, -0.1) is 11.3 Å². The number of nitrogens with zero attached hydrogens (tertiary/aromatic N) is 2. The van der Waals surface area contributed by atoms with E-state index in [0.717, 1.165) is 29.9 Å². The first-order valence-electron chi connectivity index (χ1n) is 7.42. The molecule has 0 radical (unpaired) electrons. The van der Waals surface area contributed by atoms with Crippen LogP contribution in [0.2, 0.25) is 0 Å². The van der Waals surface area contributed by atoms with Gasteiger partial charge in [-0.3, -0.25) is 4.98 Å². The maximum absolute atomic E-state index is 4.69. The summed E-state index contributed by atoms with van der Waals surface area (Å²) in [6.45, 7) is 0.819. The van der Waals surface area contributed by atoms with Gasteiger partial charge in [-0.1, -0.05) is 18.2 Å². The lowest BCUT2D eigenvalue weighted by Gasteiger charge is -2.24. The first-order valence-corrected chi connectivity index (χ1v) is 8.23. The van der Waals surface area contributed by atoms with Crippen molar-refractivity contribution in [1.29, 1.82) is 0 Å². The van der Waals surface area contributed by atoms with Gasteiger partial charge in [0.2, 0.25) is 0 Å². The average Bonchev–Trinajstić information content (AvgIpc) is 2.96. The van der Waals surface area contributed by atoms with Crippen LogP contribution in [0, 0.1) is 0 Å². The Morgan fingerprint density at radius 3 is 3.10 bits per heavy atom.